The topological polar surface area (TPSA) is 32.3 Å². The molecule has 0 radical (unpaired) electrons. The van der Waals surface area contributed by atoms with Crippen LogP contribution in [0.5, 0.6) is 0 Å². The van der Waals surface area contributed by atoms with Crippen LogP contribution in [0.3, 0.4) is 0 Å². The summed E-state index contributed by atoms with van der Waals surface area (Å²) in [6.07, 6.45) is 0.959. The summed E-state index contributed by atoms with van der Waals surface area (Å²) in [6.45, 7) is 5.79. The van der Waals surface area contributed by atoms with Crippen LogP contribution in [0, 0.1) is 0 Å². The number of rotatable bonds is 5. The predicted octanol–water partition coefficient (Wildman–Crippen LogP) is 2.28. The van der Waals surface area contributed by atoms with E-state index < -0.39 is 0 Å². The lowest BCUT2D eigenvalue weighted by Crippen LogP contribution is -2.24. The number of carbonyl (C=O) groups is 1. The first kappa shape index (κ1) is 12.6. The van der Waals surface area contributed by atoms with Crippen LogP contribution in [0.4, 0.5) is 5.69 Å². The molecule has 1 N–H and O–H groups in total. The summed E-state index contributed by atoms with van der Waals surface area (Å²) in [7, 11) is 2.02. The maximum Gasteiger partial charge on any atom is 0.251 e. The van der Waals surface area contributed by atoms with Crippen LogP contribution in [0.2, 0.25) is 0 Å². The fraction of sp³-hybridized carbons (Fsp3) is 0.462. The van der Waals surface area contributed by atoms with Crippen molar-refractivity contribution in [2.75, 3.05) is 25.0 Å². The van der Waals surface area contributed by atoms with Gasteiger partial charge in [0.15, 0.2) is 0 Å². The van der Waals surface area contributed by atoms with E-state index in [-0.39, 0.29) is 5.91 Å². The molecule has 16 heavy (non-hydrogen) atoms. The van der Waals surface area contributed by atoms with Gasteiger partial charge in [0.25, 0.3) is 5.91 Å². The zero-order chi connectivity index (χ0) is 12.0. The molecule has 1 aromatic rings. The number of anilines is 1. The summed E-state index contributed by atoms with van der Waals surface area (Å²) in [6, 6.07) is 7.70. The van der Waals surface area contributed by atoms with Gasteiger partial charge in [-0.05, 0) is 31.5 Å². The Bertz CT molecular complexity index is 350. The molecule has 0 unspecified atom stereocenters. The highest BCUT2D eigenvalue weighted by Crippen LogP contribution is 2.14. The molecule has 0 heterocycles. The second-order valence-corrected chi connectivity index (χ2v) is 3.82. The summed E-state index contributed by atoms with van der Waals surface area (Å²) in [4.78, 5) is 13.8. The van der Waals surface area contributed by atoms with Crippen molar-refractivity contribution in [2.24, 2.45) is 0 Å². The minimum atomic E-state index is 0.00760. The molecule has 1 rings (SSSR count). The van der Waals surface area contributed by atoms with E-state index in [2.05, 4.69) is 17.1 Å². The summed E-state index contributed by atoms with van der Waals surface area (Å²) >= 11 is 0. The molecule has 0 saturated carbocycles. The van der Waals surface area contributed by atoms with Gasteiger partial charge in [-0.2, -0.15) is 0 Å². The van der Waals surface area contributed by atoms with Gasteiger partial charge in [-0.15, -0.1) is 0 Å². The van der Waals surface area contributed by atoms with Gasteiger partial charge < -0.3 is 10.2 Å². The number of hydrogen-bond acceptors (Lipinski definition) is 2. The molecule has 1 amide bonds. The van der Waals surface area contributed by atoms with Crippen molar-refractivity contribution >= 4 is 11.6 Å². The van der Waals surface area contributed by atoms with E-state index in [1.165, 1.54) is 0 Å². The van der Waals surface area contributed by atoms with Gasteiger partial charge in [0.1, 0.15) is 0 Å². The highest BCUT2D eigenvalue weighted by molar-refractivity contribution is 5.95. The average molecular weight is 220 g/mol. The maximum atomic E-state index is 11.7. The van der Waals surface area contributed by atoms with Crippen LogP contribution in [-0.4, -0.2) is 26.0 Å². The minimum Gasteiger partial charge on any atom is -0.375 e. The van der Waals surface area contributed by atoms with Gasteiger partial charge >= 0.3 is 0 Å². The van der Waals surface area contributed by atoms with E-state index >= 15 is 0 Å². The van der Waals surface area contributed by atoms with Gasteiger partial charge in [-0.3, -0.25) is 4.79 Å². The molecule has 0 aliphatic heterocycles. The monoisotopic (exact) mass is 220 g/mol. The zero-order valence-electron chi connectivity index (χ0n) is 10.3. The van der Waals surface area contributed by atoms with E-state index in [0.717, 1.165) is 30.8 Å². The molecule has 88 valence electrons. The van der Waals surface area contributed by atoms with Gasteiger partial charge in [0.05, 0.1) is 0 Å². The number of nitrogens with zero attached hydrogens (tertiary/aromatic N) is 1. The standard InChI is InChI=1S/C13H20N2O/c1-4-9-14-13(16)11-7-6-8-12(10-11)15(3)5-2/h6-8,10H,4-5,9H2,1-3H3,(H,14,16). The largest absolute Gasteiger partial charge is 0.375 e. The van der Waals surface area contributed by atoms with Crippen LogP contribution in [0.1, 0.15) is 30.6 Å². The van der Waals surface area contributed by atoms with E-state index in [0.29, 0.717) is 0 Å². The van der Waals surface area contributed by atoms with Gasteiger partial charge in [-0.25, -0.2) is 0 Å². The number of carbonyl (C=O) groups excluding carboxylic acids is 1. The molecule has 0 aliphatic rings. The smallest absolute Gasteiger partial charge is 0.251 e. The zero-order valence-corrected chi connectivity index (χ0v) is 10.3. The normalized spacial score (nSPS) is 9.94. The molecule has 0 fully saturated rings. The van der Waals surface area contributed by atoms with E-state index in [1.807, 2.05) is 38.2 Å². The van der Waals surface area contributed by atoms with Gasteiger partial charge in [-0.1, -0.05) is 13.0 Å². The van der Waals surface area contributed by atoms with Gasteiger partial charge in [0, 0.05) is 31.4 Å². The van der Waals surface area contributed by atoms with Crippen LogP contribution >= 0.6 is 0 Å². The van der Waals surface area contributed by atoms with Gasteiger partial charge in [0.2, 0.25) is 0 Å². The summed E-state index contributed by atoms with van der Waals surface area (Å²) in [5.74, 6) is 0.00760. The van der Waals surface area contributed by atoms with Crippen molar-refractivity contribution < 1.29 is 4.79 Å². The molecule has 0 bridgehead atoms. The van der Waals surface area contributed by atoms with Crippen LogP contribution < -0.4 is 10.2 Å². The molecule has 1 aromatic carbocycles. The molecule has 0 spiro atoms. The first-order valence-electron chi connectivity index (χ1n) is 5.78. The third-order valence-corrected chi connectivity index (χ3v) is 2.56. The first-order chi connectivity index (χ1) is 7.69. The quantitative estimate of drug-likeness (QED) is 0.825. The summed E-state index contributed by atoms with van der Waals surface area (Å²) in [5, 5.41) is 2.88. The number of amides is 1. The van der Waals surface area contributed by atoms with Crippen LogP contribution in [-0.2, 0) is 0 Å². The van der Waals surface area contributed by atoms with Crippen LogP contribution in [0.25, 0.3) is 0 Å². The first-order valence-corrected chi connectivity index (χ1v) is 5.78. The van der Waals surface area contributed by atoms with E-state index in [9.17, 15) is 4.79 Å². The van der Waals surface area contributed by atoms with Crippen molar-refractivity contribution in [1.82, 2.24) is 5.32 Å². The van der Waals surface area contributed by atoms with E-state index in [1.54, 1.807) is 0 Å². The molecule has 0 aromatic heterocycles. The lowest BCUT2D eigenvalue weighted by molar-refractivity contribution is 0.0953. The Hall–Kier alpha value is -1.51. The Balaban J connectivity index is 2.77. The number of hydrogen-bond donors (Lipinski definition) is 1. The SMILES string of the molecule is CCCNC(=O)c1cccc(N(C)CC)c1. The Labute approximate surface area is 97.5 Å². The maximum absolute atomic E-state index is 11.7. The van der Waals surface area contributed by atoms with Crippen molar-refractivity contribution in [3.05, 3.63) is 29.8 Å². The average Bonchev–Trinajstić information content (AvgIpc) is 2.35. The minimum absolute atomic E-state index is 0.00760. The number of nitrogens with one attached hydrogen (secondary N) is 1. The third kappa shape index (κ3) is 3.26. The highest BCUT2D eigenvalue weighted by Gasteiger charge is 2.06. The lowest BCUT2D eigenvalue weighted by Gasteiger charge is -2.17. The van der Waals surface area contributed by atoms with Crippen molar-refractivity contribution in [3.63, 3.8) is 0 Å². The lowest BCUT2D eigenvalue weighted by atomic mass is 10.1. The van der Waals surface area contributed by atoms with Crippen molar-refractivity contribution in [3.8, 4) is 0 Å². The Morgan fingerprint density at radius 2 is 2.12 bits per heavy atom. The summed E-state index contributed by atoms with van der Waals surface area (Å²) < 4.78 is 0. The molecule has 0 saturated heterocycles. The summed E-state index contributed by atoms with van der Waals surface area (Å²) in [5.41, 5.74) is 1.80. The van der Waals surface area contributed by atoms with Crippen molar-refractivity contribution in [1.29, 1.82) is 0 Å². The Kier molecular flexibility index (Phi) is 4.83. The Morgan fingerprint density at radius 3 is 2.75 bits per heavy atom. The molecular formula is C13H20N2O. The van der Waals surface area contributed by atoms with Crippen molar-refractivity contribution in [2.45, 2.75) is 20.3 Å². The molecule has 3 heteroatoms. The second-order valence-electron chi connectivity index (χ2n) is 3.82. The third-order valence-electron chi connectivity index (χ3n) is 2.56. The predicted molar refractivity (Wildman–Crippen MR) is 68.0 cm³/mol. The molecule has 3 nitrogen and oxygen atoms in total. The molecule has 0 aliphatic carbocycles. The highest BCUT2D eigenvalue weighted by atomic mass is 16.1. The van der Waals surface area contributed by atoms with Crippen LogP contribution in [0.15, 0.2) is 24.3 Å². The second kappa shape index (κ2) is 6.16. The molecular weight excluding hydrogens is 200 g/mol. The Morgan fingerprint density at radius 1 is 1.38 bits per heavy atom. The number of benzene rings is 1. The van der Waals surface area contributed by atoms with E-state index in [4.69, 9.17) is 0 Å². The fourth-order valence-corrected chi connectivity index (χ4v) is 1.41. The fourth-order valence-electron chi connectivity index (χ4n) is 1.41. The molecule has 0 atom stereocenters.